The fraction of sp³-hybridized carbons (Fsp3) is 0.450. The van der Waals surface area contributed by atoms with Crippen molar-refractivity contribution in [1.82, 2.24) is 4.90 Å². The average Bonchev–Trinajstić information content (AvgIpc) is 3.08. The van der Waals surface area contributed by atoms with E-state index < -0.39 is 6.10 Å². The number of ether oxygens (including phenoxy) is 3. The molecule has 0 bridgehead atoms. The third-order valence-electron chi connectivity index (χ3n) is 4.00. The predicted molar refractivity (Wildman–Crippen MR) is 107 cm³/mol. The van der Waals surface area contributed by atoms with Gasteiger partial charge in [0.1, 0.15) is 5.76 Å². The number of rotatable bonds is 8. The maximum atomic E-state index is 12.8. The Hall–Kier alpha value is -1.85. The molecule has 1 amide bonds. The Morgan fingerprint density at radius 3 is 2.70 bits per heavy atom. The summed E-state index contributed by atoms with van der Waals surface area (Å²) in [6.07, 6.45) is 3.34. The quantitative estimate of drug-likeness (QED) is 0.348. The minimum absolute atomic E-state index is 0.127. The van der Waals surface area contributed by atoms with Gasteiger partial charge in [-0.3, -0.25) is 4.79 Å². The second-order valence-electron chi connectivity index (χ2n) is 6.33. The molecule has 0 saturated heterocycles. The number of hydrogen-bond donors (Lipinski definition) is 0. The molecule has 0 aliphatic carbocycles. The van der Waals surface area contributed by atoms with Crippen molar-refractivity contribution >= 4 is 29.1 Å². The molecule has 7 heteroatoms. The fourth-order valence-electron chi connectivity index (χ4n) is 2.55. The molecule has 5 nitrogen and oxygen atoms in total. The lowest BCUT2D eigenvalue weighted by molar-refractivity contribution is -0.140. The van der Waals surface area contributed by atoms with E-state index in [0.29, 0.717) is 29.5 Å². The van der Waals surface area contributed by atoms with E-state index in [1.807, 2.05) is 32.0 Å². The Bertz CT molecular complexity index is 727. The first-order valence-electron chi connectivity index (χ1n) is 8.80. The van der Waals surface area contributed by atoms with Gasteiger partial charge >= 0.3 is 0 Å². The van der Waals surface area contributed by atoms with Crippen molar-refractivity contribution < 1.29 is 19.0 Å². The first-order valence-corrected chi connectivity index (χ1v) is 9.62. The van der Waals surface area contributed by atoms with Crippen LogP contribution in [0.15, 0.2) is 41.1 Å². The molecule has 27 heavy (non-hydrogen) atoms. The number of carbonyl (C=O) groups excluding carboxylic acids is 1. The summed E-state index contributed by atoms with van der Waals surface area (Å²) < 4.78 is 16.6. The molecule has 0 saturated carbocycles. The highest BCUT2D eigenvalue weighted by Crippen LogP contribution is 2.32. The van der Waals surface area contributed by atoms with E-state index >= 15 is 0 Å². The number of nitrogens with zero attached hydrogens (tertiary/aromatic N) is 1. The van der Waals surface area contributed by atoms with Crippen molar-refractivity contribution in [2.45, 2.75) is 45.2 Å². The fourth-order valence-corrected chi connectivity index (χ4v) is 2.73. The lowest BCUT2D eigenvalue weighted by Gasteiger charge is -2.24. The van der Waals surface area contributed by atoms with Gasteiger partial charge < -0.3 is 19.1 Å². The summed E-state index contributed by atoms with van der Waals surface area (Å²) in [5.41, 5.74) is 0.949. The summed E-state index contributed by atoms with van der Waals surface area (Å²) in [6.45, 7) is 6.10. The van der Waals surface area contributed by atoms with Crippen LogP contribution in [0.1, 0.15) is 32.8 Å². The van der Waals surface area contributed by atoms with Crippen LogP contribution in [0.4, 0.5) is 0 Å². The first kappa shape index (κ1) is 21.5. The van der Waals surface area contributed by atoms with Crippen molar-refractivity contribution in [2.24, 2.45) is 0 Å². The van der Waals surface area contributed by atoms with Crippen molar-refractivity contribution in [2.75, 3.05) is 13.8 Å². The molecule has 1 aromatic rings. The Balaban J connectivity index is 2.05. The number of alkyl halides is 1. The highest BCUT2D eigenvalue weighted by Gasteiger charge is 2.24. The highest BCUT2D eigenvalue weighted by molar-refractivity contribution is 6.29. The number of amides is 1. The normalized spacial score (nSPS) is 16.1. The van der Waals surface area contributed by atoms with Gasteiger partial charge in [0.25, 0.3) is 5.91 Å². The zero-order valence-electron chi connectivity index (χ0n) is 16.0. The minimum Gasteiger partial charge on any atom is -0.479 e. The SMILES string of the molecule is CCC(OC(C=CC(C)Cl)=C(C)Cl)C(=O)N(C)Cc1ccc2c(c1)OCO2. The van der Waals surface area contributed by atoms with E-state index in [9.17, 15) is 4.79 Å². The van der Waals surface area contributed by atoms with Crippen LogP contribution in [0.5, 0.6) is 11.5 Å². The number of carbonyl (C=O) groups is 1. The smallest absolute Gasteiger partial charge is 0.263 e. The highest BCUT2D eigenvalue weighted by atomic mass is 35.5. The number of fused-ring (bicyclic) bond motifs is 1. The third-order valence-corrected chi connectivity index (χ3v) is 4.33. The molecule has 0 spiro atoms. The van der Waals surface area contributed by atoms with Crippen molar-refractivity contribution in [3.05, 3.63) is 46.7 Å². The monoisotopic (exact) mass is 413 g/mol. The van der Waals surface area contributed by atoms with Gasteiger partial charge in [-0.2, -0.15) is 0 Å². The van der Waals surface area contributed by atoms with E-state index in [4.69, 9.17) is 37.4 Å². The minimum atomic E-state index is -0.636. The van der Waals surface area contributed by atoms with Gasteiger partial charge in [0.05, 0.1) is 5.03 Å². The van der Waals surface area contributed by atoms with Gasteiger partial charge in [0, 0.05) is 19.0 Å². The molecule has 2 unspecified atom stereocenters. The summed E-state index contributed by atoms with van der Waals surface area (Å²) in [4.78, 5) is 14.5. The lowest BCUT2D eigenvalue weighted by Crippen LogP contribution is -2.37. The average molecular weight is 414 g/mol. The number of likely N-dealkylation sites (N-methyl/N-ethyl adjacent to an activating group) is 1. The van der Waals surface area contributed by atoms with Gasteiger partial charge in [-0.15, -0.1) is 11.6 Å². The summed E-state index contributed by atoms with van der Waals surface area (Å²) in [5, 5.41) is 0.303. The van der Waals surface area contributed by atoms with Crippen LogP contribution in [0, 0.1) is 0 Å². The van der Waals surface area contributed by atoms with Gasteiger partial charge in [-0.1, -0.05) is 30.7 Å². The molecular weight excluding hydrogens is 389 g/mol. The number of hydrogen-bond acceptors (Lipinski definition) is 4. The molecule has 0 fully saturated rings. The third kappa shape index (κ3) is 6.08. The Labute approximate surface area is 170 Å². The van der Waals surface area contributed by atoms with E-state index in [1.165, 1.54) is 0 Å². The van der Waals surface area contributed by atoms with Crippen molar-refractivity contribution in [1.29, 1.82) is 0 Å². The number of allylic oxidation sites excluding steroid dienone is 3. The first-order chi connectivity index (χ1) is 12.8. The van der Waals surface area contributed by atoms with Crippen LogP contribution in [-0.2, 0) is 16.1 Å². The largest absolute Gasteiger partial charge is 0.479 e. The van der Waals surface area contributed by atoms with Gasteiger partial charge in [0.2, 0.25) is 6.79 Å². The maximum Gasteiger partial charge on any atom is 0.263 e. The maximum absolute atomic E-state index is 12.8. The second kappa shape index (κ2) is 9.90. The van der Waals surface area contributed by atoms with Crippen LogP contribution >= 0.6 is 23.2 Å². The van der Waals surface area contributed by atoms with Crippen LogP contribution in [0.25, 0.3) is 0 Å². The lowest BCUT2D eigenvalue weighted by atomic mass is 10.1. The summed E-state index contributed by atoms with van der Waals surface area (Å²) in [6, 6.07) is 5.64. The van der Waals surface area contributed by atoms with Crippen LogP contribution in [0.3, 0.4) is 0 Å². The second-order valence-corrected chi connectivity index (χ2v) is 7.59. The molecule has 1 aliphatic heterocycles. The van der Waals surface area contributed by atoms with Gasteiger partial charge in [-0.25, -0.2) is 0 Å². The molecule has 0 radical (unpaired) electrons. The predicted octanol–water partition coefficient (Wildman–Crippen LogP) is 4.82. The van der Waals surface area contributed by atoms with Crippen molar-refractivity contribution in [3.63, 3.8) is 0 Å². The Morgan fingerprint density at radius 1 is 1.37 bits per heavy atom. The van der Waals surface area contributed by atoms with Gasteiger partial charge in [-0.05, 0) is 44.0 Å². The van der Waals surface area contributed by atoms with E-state index in [-0.39, 0.29) is 18.1 Å². The number of halogens is 2. The molecule has 2 atom stereocenters. The number of benzene rings is 1. The van der Waals surface area contributed by atoms with Crippen LogP contribution in [0.2, 0.25) is 0 Å². The Morgan fingerprint density at radius 2 is 2.07 bits per heavy atom. The summed E-state index contributed by atoms with van der Waals surface area (Å²) in [7, 11) is 1.74. The molecule has 1 aromatic carbocycles. The molecule has 1 aliphatic rings. The zero-order valence-corrected chi connectivity index (χ0v) is 17.5. The molecule has 0 aromatic heterocycles. The van der Waals surface area contributed by atoms with Crippen LogP contribution < -0.4 is 9.47 Å². The molecule has 148 valence electrons. The van der Waals surface area contributed by atoms with Crippen molar-refractivity contribution in [3.8, 4) is 11.5 Å². The van der Waals surface area contributed by atoms with Gasteiger partial charge in [0.15, 0.2) is 17.6 Å². The van der Waals surface area contributed by atoms with E-state index in [0.717, 1.165) is 11.3 Å². The van der Waals surface area contributed by atoms with E-state index in [2.05, 4.69) is 0 Å². The molecule has 1 heterocycles. The van der Waals surface area contributed by atoms with E-state index in [1.54, 1.807) is 31.0 Å². The standard InChI is InChI=1S/C20H25Cl2NO4/c1-5-16(27-17(14(3)22)8-6-13(2)21)20(24)23(4)11-15-7-9-18-19(10-15)26-12-25-18/h6-10,13,16H,5,11-12H2,1-4H3. The summed E-state index contributed by atoms with van der Waals surface area (Å²) >= 11 is 12.0. The molecular formula is C20H25Cl2NO4. The molecule has 0 N–H and O–H groups in total. The zero-order chi connectivity index (χ0) is 20.0. The summed E-state index contributed by atoms with van der Waals surface area (Å²) in [5.74, 6) is 1.73. The Kier molecular flexibility index (Phi) is 7.87. The van der Waals surface area contributed by atoms with Crippen LogP contribution in [-0.4, -0.2) is 36.1 Å². The topological polar surface area (TPSA) is 48.0 Å². The molecule has 2 rings (SSSR count).